The van der Waals surface area contributed by atoms with Crippen LogP contribution in [0.4, 0.5) is 5.13 Å². The first-order chi connectivity index (χ1) is 9.87. The third-order valence-electron chi connectivity index (χ3n) is 2.56. The summed E-state index contributed by atoms with van der Waals surface area (Å²) >= 11 is 7.07. The highest BCUT2D eigenvalue weighted by Crippen LogP contribution is 2.33. The zero-order chi connectivity index (χ0) is 15.6. The molecule has 0 spiro atoms. The average molecular weight is 349 g/mol. The van der Waals surface area contributed by atoms with Crippen LogP contribution in [0.2, 0.25) is 5.02 Å². The van der Waals surface area contributed by atoms with Gasteiger partial charge in [-0.05, 0) is 19.1 Å². The van der Waals surface area contributed by atoms with Crippen molar-refractivity contribution in [1.29, 1.82) is 0 Å². The van der Waals surface area contributed by atoms with Gasteiger partial charge in [0.15, 0.2) is 0 Å². The van der Waals surface area contributed by atoms with Crippen LogP contribution < -0.4 is 15.2 Å². The van der Waals surface area contributed by atoms with Crippen molar-refractivity contribution < 1.29 is 13.2 Å². The van der Waals surface area contributed by atoms with Gasteiger partial charge in [-0.15, -0.1) is 10.2 Å². The number of nitrogens with two attached hydrogens (primary N) is 1. The maximum atomic E-state index is 12.5. The van der Waals surface area contributed by atoms with E-state index in [9.17, 15) is 8.42 Å². The molecule has 2 rings (SSSR count). The molecule has 1 heterocycles. The lowest BCUT2D eigenvalue weighted by Gasteiger charge is -2.13. The molecule has 0 bridgehead atoms. The van der Waals surface area contributed by atoms with E-state index in [2.05, 4.69) is 14.9 Å². The number of rotatable bonds is 5. The summed E-state index contributed by atoms with van der Waals surface area (Å²) in [6.07, 6.45) is 0. The van der Waals surface area contributed by atoms with Crippen molar-refractivity contribution in [3.05, 3.63) is 27.7 Å². The maximum absolute atomic E-state index is 12.5. The fraction of sp³-hybridized carbons (Fsp3) is 0.273. The number of nitrogens with zero attached hydrogens (tertiary/aromatic N) is 2. The number of hydrogen-bond acceptors (Lipinski definition) is 7. The number of methoxy groups -OCH3 is 1. The zero-order valence-corrected chi connectivity index (χ0v) is 13.6. The van der Waals surface area contributed by atoms with Gasteiger partial charge in [0.2, 0.25) is 5.13 Å². The number of halogens is 1. The van der Waals surface area contributed by atoms with Crippen LogP contribution in [0.3, 0.4) is 0 Å². The molecule has 0 radical (unpaired) electrons. The highest BCUT2D eigenvalue weighted by atomic mass is 35.5. The first-order valence-electron chi connectivity index (χ1n) is 5.76. The summed E-state index contributed by atoms with van der Waals surface area (Å²) in [6.45, 7) is 1.83. The Bertz CT molecular complexity index is 761. The van der Waals surface area contributed by atoms with Crippen molar-refractivity contribution in [3.63, 3.8) is 0 Å². The molecule has 2 aromatic rings. The van der Waals surface area contributed by atoms with Gasteiger partial charge in [-0.25, -0.2) is 8.42 Å². The number of hydrogen-bond donors (Lipinski definition) is 2. The van der Waals surface area contributed by atoms with Gasteiger partial charge in [-0.2, -0.15) is 0 Å². The monoisotopic (exact) mass is 348 g/mol. The summed E-state index contributed by atoms with van der Waals surface area (Å²) in [5.74, 6) is 0.163. The van der Waals surface area contributed by atoms with E-state index in [4.69, 9.17) is 22.1 Å². The van der Waals surface area contributed by atoms with Crippen molar-refractivity contribution >= 4 is 38.1 Å². The Morgan fingerprint density at radius 1 is 1.43 bits per heavy atom. The first-order valence-corrected chi connectivity index (χ1v) is 8.44. The number of nitrogens with one attached hydrogen (secondary N) is 1. The van der Waals surface area contributed by atoms with Crippen LogP contribution in [0, 0.1) is 6.92 Å². The zero-order valence-electron chi connectivity index (χ0n) is 11.3. The molecule has 21 heavy (non-hydrogen) atoms. The van der Waals surface area contributed by atoms with E-state index in [1.54, 1.807) is 13.0 Å². The van der Waals surface area contributed by atoms with Crippen LogP contribution in [0.25, 0.3) is 0 Å². The molecule has 1 aromatic carbocycles. The Labute approximate surface area is 131 Å². The molecule has 0 aliphatic heterocycles. The highest BCUT2D eigenvalue weighted by molar-refractivity contribution is 7.93. The van der Waals surface area contributed by atoms with Crippen LogP contribution in [-0.4, -0.2) is 25.7 Å². The minimum Gasteiger partial charge on any atom is -0.495 e. The van der Waals surface area contributed by atoms with Crippen LogP contribution in [0.15, 0.2) is 17.0 Å². The molecule has 0 saturated carbocycles. The van der Waals surface area contributed by atoms with Gasteiger partial charge in [-0.3, -0.25) is 4.72 Å². The topological polar surface area (TPSA) is 107 Å². The molecule has 3 N–H and O–H groups in total. The van der Waals surface area contributed by atoms with Gasteiger partial charge in [0.05, 0.1) is 7.11 Å². The molecule has 10 heteroatoms. The second-order valence-electron chi connectivity index (χ2n) is 4.03. The Morgan fingerprint density at radius 2 is 2.14 bits per heavy atom. The lowest BCUT2D eigenvalue weighted by atomic mass is 10.2. The fourth-order valence-electron chi connectivity index (χ4n) is 1.71. The summed E-state index contributed by atoms with van der Waals surface area (Å²) in [7, 11) is -2.53. The summed E-state index contributed by atoms with van der Waals surface area (Å²) in [6, 6.07) is 2.87. The van der Waals surface area contributed by atoms with Crippen molar-refractivity contribution in [2.24, 2.45) is 5.73 Å². The number of ether oxygens (including phenoxy) is 1. The Balaban J connectivity index is 2.51. The second kappa shape index (κ2) is 6.14. The summed E-state index contributed by atoms with van der Waals surface area (Å²) in [5, 5.41) is 8.55. The van der Waals surface area contributed by atoms with Gasteiger partial charge in [0, 0.05) is 17.1 Å². The largest absolute Gasteiger partial charge is 0.495 e. The Morgan fingerprint density at radius 3 is 2.67 bits per heavy atom. The predicted octanol–water partition coefficient (Wildman–Crippen LogP) is 1.77. The van der Waals surface area contributed by atoms with Crippen molar-refractivity contribution in [3.8, 4) is 5.75 Å². The van der Waals surface area contributed by atoms with Crippen LogP contribution >= 0.6 is 22.9 Å². The molecule has 0 saturated heterocycles. The first kappa shape index (κ1) is 16.0. The molecule has 0 atom stereocenters. The number of aryl methyl sites for hydroxylation is 1. The number of aromatic nitrogens is 2. The predicted molar refractivity (Wildman–Crippen MR) is 81.3 cm³/mol. The third kappa shape index (κ3) is 3.43. The quantitative estimate of drug-likeness (QED) is 0.852. The van der Waals surface area contributed by atoms with E-state index < -0.39 is 10.0 Å². The van der Waals surface area contributed by atoms with Crippen molar-refractivity contribution in [1.82, 2.24) is 10.2 Å². The normalized spacial score (nSPS) is 11.4. The minimum atomic E-state index is -3.90. The molecular weight excluding hydrogens is 336 g/mol. The molecular formula is C11H13ClN4O3S2. The molecule has 0 aliphatic rings. The van der Waals surface area contributed by atoms with Gasteiger partial charge in [0.1, 0.15) is 15.7 Å². The molecule has 7 nitrogen and oxygen atoms in total. The van der Waals surface area contributed by atoms with E-state index in [-0.39, 0.29) is 27.3 Å². The van der Waals surface area contributed by atoms with Gasteiger partial charge < -0.3 is 10.5 Å². The second-order valence-corrected chi connectivity index (χ2v) is 7.30. The van der Waals surface area contributed by atoms with Crippen LogP contribution in [-0.2, 0) is 16.6 Å². The summed E-state index contributed by atoms with van der Waals surface area (Å²) in [4.78, 5) is -0.0918. The van der Waals surface area contributed by atoms with Crippen LogP contribution in [0.1, 0.15) is 10.6 Å². The smallest absolute Gasteiger partial charge is 0.267 e. The van der Waals surface area contributed by atoms with E-state index in [1.807, 2.05) is 0 Å². The van der Waals surface area contributed by atoms with Crippen molar-refractivity contribution in [2.75, 3.05) is 11.8 Å². The number of benzene rings is 1. The lowest BCUT2D eigenvalue weighted by molar-refractivity contribution is 0.398. The van der Waals surface area contributed by atoms with E-state index in [0.29, 0.717) is 10.6 Å². The minimum absolute atomic E-state index is 0.0918. The molecule has 0 unspecified atom stereocenters. The lowest BCUT2D eigenvalue weighted by Crippen LogP contribution is -2.15. The molecule has 0 aliphatic carbocycles. The van der Waals surface area contributed by atoms with E-state index >= 15 is 0 Å². The SMILES string of the molecule is COc1c(CN)cc(Cl)cc1S(=O)(=O)Nc1nnc(C)s1. The fourth-order valence-corrected chi connectivity index (χ4v) is 4.08. The van der Waals surface area contributed by atoms with Gasteiger partial charge in [-0.1, -0.05) is 22.9 Å². The van der Waals surface area contributed by atoms with E-state index in [0.717, 1.165) is 11.3 Å². The summed E-state index contributed by atoms with van der Waals surface area (Å²) in [5.41, 5.74) is 6.09. The van der Waals surface area contributed by atoms with Crippen molar-refractivity contribution in [2.45, 2.75) is 18.4 Å². The van der Waals surface area contributed by atoms with Crippen LogP contribution in [0.5, 0.6) is 5.75 Å². The average Bonchev–Trinajstić information content (AvgIpc) is 2.82. The highest BCUT2D eigenvalue weighted by Gasteiger charge is 2.24. The Kier molecular flexibility index (Phi) is 4.67. The van der Waals surface area contributed by atoms with E-state index in [1.165, 1.54) is 13.2 Å². The van der Waals surface area contributed by atoms with Gasteiger partial charge in [0.25, 0.3) is 10.0 Å². The maximum Gasteiger partial charge on any atom is 0.267 e. The molecule has 0 amide bonds. The molecule has 114 valence electrons. The van der Waals surface area contributed by atoms with Gasteiger partial charge >= 0.3 is 0 Å². The molecule has 0 fully saturated rings. The number of anilines is 1. The summed E-state index contributed by atoms with van der Waals surface area (Å²) < 4.78 is 32.4. The molecule has 1 aromatic heterocycles. The standard InChI is InChI=1S/C11H13ClN4O3S2/c1-6-14-15-11(20-6)16-21(17,18)9-4-8(12)3-7(5-13)10(9)19-2/h3-4H,5,13H2,1-2H3,(H,15,16). The third-order valence-corrected chi connectivity index (χ3v) is 5.00. The Hall–Kier alpha value is -1.42. The number of sulfonamides is 1.